The van der Waals surface area contributed by atoms with Gasteiger partial charge in [0.15, 0.2) is 11.4 Å². The highest BCUT2D eigenvalue weighted by molar-refractivity contribution is 6.30. The molecular formula is C19H15ClN4O3. The van der Waals surface area contributed by atoms with E-state index in [4.69, 9.17) is 16.1 Å². The molecule has 0 radical (unpaired) electrons. The van der Waals surface area contributed by atoms with Crippen LogP contribution in [0.1, 0.15) is 26.5 Å². The minimum Gasteiger partial charge on any atom is -0.364 e. The van der Waals surface area contributed by atoms with E-state index >= 15 is 0 Å². The summed E-state index contributed by atoms with van der Waals surface area (Å²) in [7, 11) is 0. The molecular weight excluding hydrogens is 368 g/mol. The van der Waals surface area contributed by atoms with E-state index in [0.29, 0.717) is 30.4 Å². The fraction of sp³-hybridized carbons (Fsp3) is 0.211. The molecule has 0 saturated carbocycles. The molecule has 2 aliphatic heterocycles. The van der Waals surface area contributed by atoms with E-state index in [-0.39, 0.29) is 17.5 Å². The topological polar surface area (TPSA) is 71.6 Å². The van der Waals surface area contributed by atoms with Crippen LogP contribution in [-0.2, 0) is 12.2 Å². The predicted octanol–water partition coefficient (Wildman–Crippen LogP) is 2.59. The summed E-state index contributed by atoms with van der Waals surface area (Å²) in [6.45, 7) is 1.29. The number of rotatable bonds is 2. The number of nitrogens with zero attached hydrogens (tertiary/aromatic N) is 4. The fourth-order valence-electron chi connectivity index (χ4n) is 4.13. The number of aromatic nitrogens is 2. The van der Waals surface area contributed by atoms with Gasteiger partial charge in [-0.2, -0.15) is 0 Å². The summed E-state index contributed by atoms with van der Waals surface area (Å²) in [5, 5.41) is 4.39. The Labute approximate surface area is 159 Å². The van der Waals surface area contributed by atoms with Crippen molar-refractivity contribution in [1.82, 2.24) is 19.5 Å². The molecule has 0 bridgehead atoms. The summed E-state index contributed by atoms with van der Waals surface area (Å²) in [6, 6.07) is 12.5. The maximum absolute atomic E-state index is 13.2. The first-order chi connectivity index (χ1) is 13.1. The zero-order valence-electron chi connectivity index (χ0n) is 14.2. The van der Waals surface area contributed by atoms with E-state index in [0.717, 1.165) is 5.56 Å². The number of hydrogen-bond acceptors (Lipinski definition) is 4. The monoisotopic (exact) mass is 382 g/mol. The zero-order chi connectivity index (χ0) is 18.6. The zero-order valence-corrected chi connectivity index (χ0v) is 15.0. The summed E-state index contributed by atoms with van der Waals surface area (Å²) in [5.41, 5.74) is 0.726. The molecule has 5 rings (SSSR count). The van der Waals surface area contributed by atoms with Crippen LogP contribution in [0.5, 0.6) is 0 Å². The van der Waals surface area contributed by atoms with Crippen molar-refractivity contribution >= 4 is 23.4 Å². The minimum atomic E-state index is -0.941. The van der Waals surface area contributed by atoms with Crippen molar-refractivity contribution in [2.24, 2.45) is 0 Å². The van der Waals surface area contributed by atoms with E-state index in [1.54, 1.807) is 28.0 Å². The van der Waals surface area contributed by atoms with Crippen LogP contribution in [0.2, 0.25) is 5.02 Å². The van der Waals surface area contributed by atoms with Gasteiger partial charge in [-0.1, -0.05) is 28.9 Å². The highest BCUT2D eigenvalue weighted by Crippen LogP contribution is 2.43. The van der Waals surface area contributed by atoms with E-state index < -0.39 is 5.66 Å². The van der Waals surface area contributed by atoms with Gasteiger partial charge in [-0.3, -0.25) is 9.59 Å². The third-order valence-electron chi connectivity index (χ3n) is 5.33. The van der Waals surface area contributed by atoms with Gasteiger partial charge in [0.25, 0.3) is 11.8 Å². The molecule has 0 N–H and O–H groups in total. The van der Waals surface area contributed by atoms with Crippen molar-refractivity contribution in [3.05, 3.63) is 76.9 Å². The number of carbonyl (C=O) groups excluding carboxylic acids is 2. The number of carbonyl (C=O) groups is 2. The molecule has 2 aliphatic rings. The van der Waals surface area contributed by atoms with Gasteiger partial charge in [-0.15, -0.1) is 0 Å². The molecule has 1 saturated heterocycles. The molecule has 7 nitrogen and oxygen atoms in total. The number of halogens is 1. The molecule has 136 valence electrons. The summed E-state index contributed by atoms with van der Waals surface area (Å²) >= 11 is 6.07. The van der Waals surface area contributed by atoms with Gasteiger partial charge in [0.1, 0.15) is 12.0 Å². The lowest BCUT2D eigenvalue weighted by Crippen LogP contribution is -2.60. The number of benzene rings is 1. The minimum absolute atomic E-state index is 0.100. The highest BCUT2D eigenvalue weighted by atomic mass is 35.5. The molecule has 0 spiro atoms. The lowest BCUT2D eigenvalue weighted by Gasteiger charge is -2.47. The Kier molecular flexibility index (Phi) is 3.42. The molecule has 1 unspecified atom stereocenters. The third kappa shape index (κ3) is 2.18. The number of fused-ring (bicyclic) bond motifs is 2. The second-order valence-corrected chi connectivity index (χ2v) is 7.08. The molecule has 1 aromatic carbocycles. The Hall–Kier alpha value is -3.06. The normalized spacial score (nSPS) is 21.3. The van der Waals surface area contributed by atoms with Crippen LogP contribution in [0.3, 0.4) is 0 Å². The van der Waals surface area contributed by atoms with Crippen LogP contribution in [0.25, 0.3) is 0 Å². The van der Waals surface area contributed by atoms with Crippen LogP contribution in [0, 0.1) is 0 Å². The second kappa shape index (κ2) is 5.72. The lowest BCUT2D eigenvalue weighted by atomic mass is 9.94. The summed E-state index contributed by atoms with van der Waals surface area (Å²) in [6.07, 6.45) is 3.23. The van der Waals surface area contributed by atoms with Gasteiger partial charge in [0, 0.05) is 35.9 Å². The second-order valence-electron chi connectivity index (χ2n) is 6.64. The molecule has 3 aromatic rings. The van der Waals surface area contributed by atoms with Crippen LogP contribution in [0.4, 0.5) is 0 Å². The molecule has 27 heavy (non-hydrogen) atoms. The van der Waals surface area contributed by atoms with Gasteiger partial charge in [-0.25, -0.2) is 0 Å². The van der Waals surface area contributed by atoms with E-state index in [9.17, 15) is 9.59 Å². The SMILES string of the molecule is O=C(c1ccon1)N1CCN2C(=O)c3cccn3CC12c1ccc(Cl)cc1. The first kappa shape index (κ1) is 16.1. The number of amides is 2. The third-order valence-corrected chi connectivity index (χ3v) is 5.59. The maximum atomic E-state index is 13.2. The van der Waals surface area contributed by atoms with E-state index in [2.05, 4.69) is 5.16 Å². The highest BCUT2D eigenvalue weighted by Gasteiger charge is 2.56. The van der Waals surface area contributed by atoms with Crippen molar-refractivity contribution in [2.75, 3.05) is 13.1 Å². The van der Waals surface area contributed by atoms with Gasteiger partial charge in [0.2, 0.25) is 0 Å². The standard InChI is InChI=1S/C19H15ClN4O3/c20-14-5-3-13(4-6-14)19-12-22-8-1-2-16(22)18(26)24(19)10-9-23(19)17(25)15-7-11-27-21-15/h1-8,11H,9-10,12H2. The largest absolute Gasteiger partial charge is 0.364 e. The summed E-state index contributed by atoms with van der Waals surface area (Å²) in [4.78, 5) is 29.8. The lowest BCUT2D eigenvalue weighted by molar-refractivity contribution is -0.00633. The van der Waals surface area contributed by atoms with E-state index in [1.165, 1.54) is 12.3 Å². The van der Waals surface area contributed by atoms with Crippen molar-refractivity contribution in [3.63, 3.8) is 0 Å². The molecule has 8 heteroatoms. The quantitative estimate of drug-likeness (QED) is 0.683. The Morgan fingerprint density at radius 3 is 2.70 bits per heavy atom. The van der Waals surface area contributed by atoms with Gasteiger partial charge >= 0.3 is 0 Å². The Morgan fingerprint density at radius 2 is 1.96 bits per heavy atom. The predicted molar refractivity (Wildman–Crippen MR) is 96.1 cm³/mol. The van der Waals surface area contributed by atoms with Crippen molar-refractivity contribution in [1.29, 1.82) is 0 Å². The van der Waals surface area contributed by atoms with Crippen LogP contribution < -0.4 is 0 Å². The molecule has 2 aromatic heterocycles. The van der Waals surface area contributed by atoms with Gasteiger partial charge in [-0.05, 0) is 24.3 Å². The average molecular weight is 383 g/mol. The fourth-order valence-corrected chi connectivity index (χ4v) is 4.25. The molecule has 1 atom stereocenters. The van der Waals surface area contributed by atoms with Crippen LogP contribution in [-0.4, -0.2) is 44.4 Å². The van der Waals surface area contributed by atoms with Crippen LogP contribution in [0.15, 0.2) is 59.4 Å². The smallest absolute Gasteiger partial charge is 0.278 e. The van der Waals surface area contributed by atoms with E-state index in [1.807, 2.05) is 29.0 Å². The van der Waals surface area contributed by atoms with Gasteiger partial charge in [0.05, 0.1) is 6.54 Å². The average Bonchev–Trinajstić information content (AvgIpc) is 3.41. The maximum Gasteiger partial charge on any atom is 0.278 e. The Balaban J connectivity index is 1.70. The van der Waals surface area contributed by atoms with Crippen molar-refractivity contribution < 1.29 is 14.1 Å². The summed E-state index contributed by atoms with van der Waals surface area (Å²) in [5.74, 6) is -0.374. The van der Waals surface area contributed by atoms with Crippen LogP contribution >= 0.6 is 11.6 Å². The number of hydrogen-bond donors (Lipinski definition) is 0. The molecule has 2 amide bonds. The van der Waals surface area contributed by atoms with Crippen molar-refractivity contribution in [2.45, 2.75) is 12.2 Å². The Morgan fingerprint density at radius 1 is 1.15 bits per heavy atom. The Bertz CT molecular complexity index is 1030. The molecule has 4 heterocycles. The first-order valence-electron chi connectivity index (χ1n) is 8.57. The molecule has 0 aliphatic carbocycles. The van der Waals surface area contributed by atoms with Gasteiger partial charge < -0.3 is 18.9 Å². The van der Waals surface area contributed by atoms with Crippen molar-refractivity contribution in [3.8, 4) is 0 Å². The first-order valence-corrected chi connectivity index (χ1v) is 8.94. The molecule has 1 fully saturated rings. The summed E-state index contributed by atoms with van der Waals surface area (Å²) < 4.78 is 6.74.